The van der Waals surface area contributed by atoms with Crippen molar-refractivity contribution in [1.29, 1.82) is 0 Å². The Labute approximate surface area is 175 Å². The molecule has 0 atom stereocenters. The first kappa shape index (κ1) is 20.4. The highest BCUT2D eigenvalue weighted by Gasteiger charge is 2.18. The molecule has 0 aliphatic rings. The van der Waals surface area contributed by atoms with Crippen molar-refractivity contribution < 1.29 is 5.11 Å². The van der Waals surface area contributed by atoms with Gasteiger partial charge in [0.15, 0.2) is 0 Å². The Kier molecular flexibility index (Phi) is 6.43. The molecule has 0 saturated heterocycles. The first-order valence-corrected chi connectivity index (χ1v) is 10.6. The lowest BCUT2D eigenvalue weighted by atomic mass is 10.2. The van der Waals surface area contributed by atoms with Crippen molar-refractivity contribution in [2.75, 3.05) is 18.5 Å². The summed E-state index contributed by atoms with van der Waals surface area (Å²) in [6.07, 6.45) is 3.24. The standard InChI is InChI=1S/C18H15BrN4O2S.C2H6/c1-10-2-4-11(5-3-10)23-9-22-15-13-14(20-6-7-24)12(19)8-21-17(13)26-16(15)18(23)25;1-2/h2-5,8-9,24H,6-7H2,1H3,(H,20,21);1-2H3. The Morgan fingerprint density at radius 1 is 1.21 bits per heavy atom. The third kappa shape index (κ3) is 3.67. The van der Waals surface area contributed by atoms with Gasteiger partial charge in [0, 0.05) is 12.7 Å². The minimum absolute atomic E-state index is 0.00594. The summed E-state index contributed by atoms with van der Waals surface area (Å²) in [5.41, 5.74) is 3.19. The van der Waals surface area contributed by atoms with Gasteiger partial charge in [-0.2, -0.15) is 0 Å². The molecular formula is C20H21BrN4O2S. The summed E-state index contributed by atoms with van der Waals surface area (Å²) in [6.45, 7) is 6.41. The zero-order valence-electron chi connectivity index (χ0n) is 15.9. The van der Waals surface area contributed by atoms with E-state index in [1.807, 2.05) is 45.0 Å². The van der Waals surface area contributed by atoms with Crippen LogP contribution in [0.2, 0.25) is 0 Å². The summed E-state index contributed by atoms with van der Waals surface area (Å²) in [4.78, 5) is 22.7. The van der Waals surface area contributed by atoms with Crippen LogP contribution in [-0.2, 0) is 0 Å². The van der Waals surface area contributed by atoms with E-state index in [1.54, 1.807) is 17.1 Å². The number of nitrogens with zero attached hydrogens (tertiary/aromatic N) is 3. The van der Waals surface area contributed by atoms with Gasteiger partial charge in [-0.1, -0.05) is 31.5 Å². The highest BCUT2D eigenvalue weighted by atomic mass is 79.9. The van der Waals surface area contributed by atoms with Gasteiger partial charge in [0.25, 0.3) is 5.56 Å². The van der Waals surface area contributed by atoms with Crippen LogP contribution >= 0.6 is 27.3 Å². The number of aliphatic hydroxyl groups is 1. The number of aliphatic hydroxyl groups excluding tert-OH is 1. The fraction of sp³-hybridized carbons (Fsp3) is 0.250. The molecule has 0 radical (unpaired) electrons. The number of hydrogen-bond acceptors (Lipinski definition) is 6. The molecule has 0 fully saturated rings. The number of hydrogen-bond donors (Lipinski definition) is 2. The molecule has 3 heterocycles. The number of benzene rings is 1. The van der Waals surface area contributed by atoms with Crippen molar-refractivity contribution in [3.63, 3.8) is 0 Å². The van der Waals surface area contributed by atoms with Gasteiger partial charge in [-0.3, -0.25) is 9.36 Å². The predicted molar refractivity (Wildman–Crippen MR) is 120 cm³/mol. The van der Waals surface area contributed by atoms with Crippen LogP contribution in [0.25, 0.3) is 26.1 Å². The topological polar surface area (TPSA) is 80.0 Å². The lowest BCUT2D eigenvalue weighted by Crippen LogP contribution is -2.17. The van der Waals surface area contributed by atoms with Crippen LogP contribution in [0.4, 0.5) is 5.69 Å². The predicted octanol–water partition coefficient (Wildman–Crippen LogP) is 4.50. The van der Waals surface area contributed by atoms with Crippen LogP contribution in [-0.4, -0.2) is 32.8 Å². The second-order valence-electron chi connectivity index (χ2n) is 5.85. The Morgan fingerprint density at radius 2 is 1.93 bits per heavy atom. The summed E-state index contributed by atoms with van der Waals surface area (Å²) >= 11 is 4.81. The summed E-state index contributed by atoms with van der Waals surface area (Å²) < 4.78 is 2.87. The monoisotopic (exact) mass is 460 g/mol. The summed E-state index contributed by atoms with van der Waals surface area (Å²) in [7, 11) is 0. The lowest BCUT2D eigenvalue weighted by molar-refractivity contribution is 0.311. The quantitative estimate of drug-likeness (QED) is 0.468. The maximum absolute atomic E-state index is 13.0. The molecule has 0 aliphatic carbocycles. The molecule has 0 amide bonds. The van der Waals surface area contributed by atoms with Crippen LogP contribution in [0.15, 0.2) is 46.1 Å². The van der Waals surface area contributed by atoms with Crippen LogP contribution < -0.4 is 10.9 Å². The van der Waals surface area contributed by atoms with Crippen LogP contribution in [0.5, 0.6) is 0 Å². The number of thiophene rings is 1. The van der Waals surface area contributed by atoms with Gasteiger partial charge in [-0.15, -0.1) is 11.3 Å². The van der Waals surface area contributed by atoms with E-state index in [4.69, 9.17) is 5.11 Å². The molecule has 3 aromatic heterocycles. The average Bonchev–Trinajstić information content (AvgIpc) is 3.10. The van der Waals surface area contributed by atoms with Gasteiger partial charge >= 0.3 is 0 Å². The number of fused-ring (bicyclic) bond motifs is 3. The smallest absolute Gasteiger partial charge is 0.275 e. The number of anilines is 1. The third-order valence-corrected chi connectivity index (χ3v) is 5.77. The van der Waals surface area contributed by atoms with Crippen molar-refractivity contribution in [2.24, 2.45) is 0 Å². The van der Waals surface area contributed by atoms with Gasteiger partial charge < -0.3 is 10.4 Å². The molecule has 0 unspecified atom stereocenters. The van der Waals surface area contributed by atoms with E-state index >= 15 is 0 Å². The molecular weight excluding hydrogens is 440 g/mol. The Morgan fingerprint density at radius 3 is 2.61 bits per heavy atom. The fourth-order valence-corrected chi connectivity index (χ4v) is 4.29. The van der Waals surface area contributed by atoms with Crippen molar-refractivity contribution in [2.45, 2.75) is 20.8 Å². The zero-order chi connectivity index (χ0) is 20.3. The minimum atomic E-state index is -0.119. The van der Waals surface area contributed by atoms with Crippen LogP contribution in [0, 0.1) is 6.92 Å². The Hall–Kier alpha value is -2.29. The van der Waals surface area contributed by atoms with Gasteiger partial charge in [-0.25, -0.2) is 9.97 Å². The van der Waals surface area contributed by atoms with Gasteiger partial charge in [-0.05, 0) is 35.0 Å². The normalized spacial score (nSPS) is 10.8. The SMILES string of the molecule is CC.Cc1ccc(-n2cnc3c(sc4ncc(Br)c(NCCO)c43)c2=O)cc1. The first-order chi connectivity index (χ1) is 13.6. The molecule has 146 valence electrons. The Bertz CT molecular complexity index is 1170. The maximum atomic E-state index is 13.0. The molecule has 8 heteroatoms. The van der Waals surface area contributed by atoms with Crippen molar-refractivity contribution in [3.8, 4) is 5.69 Å². The summed E-state index contributed by atoms with van der Waals surface area (Å²) in [5, 5.41) is 13.1. The zero-order valence-corrected chi connectivity index (χ0v) is 18.3. The molecule has 2 N–H and O–H groups in total. The molecule has 4 aromatic rings. The maximum Gasteiger partial charge on any atom is 0.275 e. The number of aromatic nitrogens is 3. The number of nitrogens with one attached hydrogen (secondary N) is 1. The van der Waals surface area contributed by atoms with E-state index in [0.717, 1.165) is 31.6 Å². The van der Waals surface area contributed by atoms with Crippen LogP contribution in [0.3, 0.4) is 0 Å². The molecule has 0 bridgehead atoms. The van der Waals surface area contributed by atoms with Crippen LogP contribution in [0.1, 0.15) is 19.4 Å². The van der Waals surface area contributed by atoms with E-state index in [0.29, 0.717) is 16.8 Å². The molecule has 0 aliphatic heterocycles. The molecule has 1 aromatic carbocycles. The van der Waals surface area contributed by atoms with E-state index in [-0.39, 0.29) is 12.2 Å². The molecule has 0 saturated carbocycles. The molecule has 4 rings (SSSR count). The molecule has 6 nitrogen and oxygen atoms in total. The molecule has 0 spiro atoms. The number of rotatable bonds is 4. The van der Waals surface area contributed by atoms with Crippen molar-refractivity contribution in [3.05, 3.63) is 57.2 Å². The molecule has 28 heavy (non-hydrogen) atoms. The summed E-state index contributed by atoms with van der Waals surface area (Å²) in [5.74, 6) is 0. The number of aryl methyl sites for hydroxylation is 1. The second-order valence-corrected chi connectivity index (χ2v) is 7.70. The summed E-state index contributed by atoms with van der Waals surface area (Å²) in [6, 6.07) is 7.74. The number of pyridine rings is 1. The lowest BCUT2D eigenvalue weighted by Gasteiger charge is -2.09. The van der Waals surface area contributed by atoms with Gasteiger partial charge in [0.2, 0.25) is 0 Å². The van der Waals surface area contributed by atoms with Gasteiger partial charge in [0.1, 0.15) is 21.4 Å². The minimum Gasteiger partial charge on any atom is -0.395 e. The Balaban J connectivity index is 0.00000109. The van der Waals surface area contributed by atoms with E-state index in [9.17, 15) is 4.79 Å². The highest BCUT2D eigenvalue weighted by Crippen LogP contribution is 2.38. The third-order valence-electron chi connectivity index (χ3n) is 4.09. The van der Waals surface area contributed by atoms with Crippen molar-refractivity contribution in [1.82, 2.24) is 14.5 Å². The number of halogens is 1. The second kappa shape index (κ2) is 8.81. The van der Waals surface area contributed by atoms with E-state index < -0.39 is 0 Å². The highest BCUT2D eigenvalue weighted by molar-refractivity contribution is 9.10. The van der Waals surface area contributed by atoms with E-state index in [1.165, 1.54) is 11.3 Å². The van der Waals surface area contributed by atoms with Gasteiger partial charge in [0.05, 0.1) is 27.8 Å². The largest absolute Gasteiger partial charge is 0.395 e. The first-order valence-electron chi connectivity index (χ1n) is 9.00. The van der Waals surface area contributed by atoms with E-state index in [2.05, 4.69) is 31.2 Å². The average molecular weight is 461 g/mol. The fourth-order valence-electron chi connectivity index (χ4n) is 2.81. The van der Waals surface area contributed by atoms with Crippen molar-refractivity contribution >= 4 is 53.4 Å².